The van der Waals surface area contributed by atoms with Gasteiger partial charge in [-0.25, -0.2) is 4.68 Å². The van der Waals surface area contributed by atoms with Crippen molar-refractivity contribution in [1.82, 2.24) is 9.78 Å². The third-order valence-corrected chi connectivity index (χ3v) is 4.24. The second-order valence-electron chi connectivity index (χ2n) is 6.11. The Hall–Kier alpha value is -2.51. The first-order valence-corrected chi connectivity index (χ1v) is 8.53. The third-order valence-electron chi connectivity index (χ3n) is 4.24. The Morgan fingerprint density at radius 3 is 2.21 bits per heavy atom. The minimum absolute atomic E-state index is 0. The summed E-state index contributed by atoms with van der Waals surface area (Å²) in [5.41, 5.74) is 7.23. The molecular weight excluding hydrogens is 391 g/mol. The van der Waals surface area contributed by atoms with Gasteiger partial charge in [-0.15, -0.1) is 12.4 Å². The van der Waals surface area contributed by atoms with Crippen molar-refractivity contribution in [3.63, 3.8) is 0 Å². The van der Waals surface area contributed by atoms with Crippen molar-refractivity contribution in [1.29, 1.82) is 0 Å². The monoisotopic (exact) mass is 411 g/mol. The van der Waals surface area contributed by atoms with Crippen molar-refractivity contribution in [2.24, 2.45) is 5.73 Å². The maximum atomic E-state index is 13.2. The van der Waals surface area contributed by atoms with E-state index in [0.717, 1.165) is 24.5 Å². The van der Waals surface area contributed by atoms with Crippen molar-refractivity contribution in [2.45, 2.75) is 19.0 Å². The summed E-state index contributed by atoms with van der Waals surface area (Å²) in [6.45, 7) is 0.598. The van der Waals surface area contributed by atoms with Crippen LogP contribution in [0.25, 0.3) is 16.9 Å². The fourth-order valence-corrected chi connectivity index (χ4v) is 2.79. The van der Waals surface area contributed by atoms with Gasteiger partial charge in [-0.3, -0.25) is 0 Å². The van der Waals surface area contributed by atoms with Gasteiger partial charge in [0.2, 0.25) is 0 Å². The SMILES string of the molecule is COc1ccc(-n2nc(C(F)(F)F)cc2-c2ccc(CCCN)cc2)cc1.Cl. The maximum Gasteiger partial charge on any atom is 0.435 e. The molecule has 0 atom stereocenters. The number of rotatable bonds is 6. The van der Waals surface area contributed by atoms with Gasteiger partial charge in [-0.05, 0) is 55.3 Å². The van der Waals surface area contributed by atoms with Gasteiger partial charge >= 0.3 is 6.18 Å². The van der Waals surface area contributed by atoms with Crippen LogP contribution < -0.4 is 10.5 Å². The topological polar surface area (TPSA) is 53.1 Å². The Bertz CT molecular complexity index is 891. The van der Waals surface area contributed by atoms with Gasteiger partial charge in [-0.1, -0.05) is 24.3 Å². The number of nitrogens with two attached hydrogens (primary N) is 1. The van der Waals surface area contributed by atoms with Gasteiger partial charge in [0.25, 0.3) is 0 Å². The highest BCUT2D eigenvalue weighted by molar-refractivity contribution is 5.85. The van der Waals surface area contributed by atoms with E-state index in [2.05, 4.69) is 5.10 Å². The molecule has 0 aliphatic carbocycles. The van der Waals surface area contributed by atoms with E-state index in [1.165, 1.54) is 11.8 Å². The first-order valence-electron chi connectivity index (χ1n) is 8.53. The van der Waals surface area contributed by atoms with Gasteiger partial charge in [0.1, 0.15) is 5.75 Å². The molecule has 150 valence electrons. The van der Waals surface area contributed by atoms with E-state index >= 15 is 0 Å². The number of benzene rings is 2. The zero-order valence-corrected chi connectivity index (χ0v) is 16.1. The van der Waals surface area contributed by atoms with Crippen LogP contribution in [0.2, 0.25) is 0 Å². The average Bonchev–Trinajstić information content (AvgIpc) is 3.13. The molecule has 3 aromatic rings. The van der Waals surface area contributed by atoms with Crippen LogP contribution in [0.5, 0.6) is 5.75 Å². The van der Waals surface area contributed by atoms with Gasteiger partial charge in [0.05, 0.1) is 18.5 Å². The van der Waals surface area contributed by atoms with Crippen molar-refractivity contribution in [3.8, 4) is 22.7 Å². The molecule has 0 bridgehead atoms. The summed E-state index contributed by atoms with van der Waals surface area (Å²) in [5.74, 6) is 0.618. The van der Waals surface area contributed by atoms with E-state index in [4.69, 9.17) is 10.5 Å². The molecule has 0 aliphatic rings. The predicted molar refractivity (Wildman–Crippen MR) is 105 cm³/mol. The molecule has 0 radical (unpaired) electrons. The Morgan fingerprint density at radius 1 is 1.04 bits per heavy atom. The number of halogens is 4. The number of aryl methyl sites for hydroxylation is 1. The number of hydrogen-bond acceptors (Lipinski definition) is 3. The number of nitrogens with zero attached hydrogens (tertiary/aromatic N) is 2. The molecule has 0 saturated heterocycles. The van der Waals surface area contributed by atoms with E-state index < -0.39 is 11.9 Å². The standard InChI is InChI=1S/C20H20F3N3O.ClH/c1-27-17-10-8-16(9-11-17)26-18(13-19(25-26)20(21,22)23)15-6-4-14(5-7-15)3-2-12-24;/h4-11,13H,2-3,12,24H2,1H3;1H. The van der Waals surface area contributed by atoms with E-state index in [1.54, 1.807) is 24.3 Å². The quantitative estimate of drug-likeness (QED) is 0.629. The van der Waals surface area contributed by atoms with E-state index in [9.17, 15) is 13.2 Å². The van der Waals surface area contributed by atoms with E-state index in [1.807, 2.05) is 24.3 Å². The summed E-state index contributed by atoms with van der Waals surface area (Å²) in [6.07, 6.45) is -2.82. The number of hydrogen-bond donors (Lipinski definition) is 1. The lowest BCUT2D eigenvalue weighted by Gasteiger charge is -2.09. The van der Waals surface area contributed by atoms with E-state index in [-0.39, 0.29) is 12.4 Å². The van der Waals surface area contributed by atoms with Gasteiger partial charge < -0.3 is 10.5 Å². The molecule has 0 amide bonds. The molecule has 1 aromatic heterocycles. The minimum Gasteiger partial charge on any atom is -0.497 e. The van der Waals surface area contributed by atoms with Crippen molar-refractivity contribution >= 4 is 12.4 Å². The molecule has 8 heteroatoms. The van der Waals surface area contributed by atoms with Crippen molar-refractivity contribution < 1.29 is 17.9 Å². The van der Waals surface area contributed by atoms with E-state index in [0.29, 0.717) is 29.2 Å². The van der Waals surface area contributed by atoms with Crippen LogP contribution in [0, 0.1) is 0 Å². The summed E-state index contributed by atoms with van der Waals surface area (Å²) in [4.78, 5) is 0. The van der Waals surface area contributed by atoms with Gasteiger partial charge in [0, 0.05) is 5.56 Å². The normalized spacial score (nSPS) is 11.2. The average molecular weight is 412 g/mol. The zero-order valence-electron chi connectivity index (χ0n) is 15.2. The van der Waals surface area contributed by atoms with Crippen LogP contribution >= 0.6 is 12.4 Å². The Balaban J connectivity index is 0.00000280. The molecule has 0 aliphatic heterocycles. The third kappa shape index (κ3) is 4.85. The molecule has 0 saturated carbocycles. The molecule has 3 rings (SSSR count). The highest BCUT2D eigenvalue weighted by atomic mass is 35.5. The smallest absolute Gasteiger partial charge is 0.435 e. The number of aromatic nitrogens is 2. The van der Waals surface area contributed by atoms with Crippen molar-refractivity contribution in [3.05, 3.63) is 65.9 Å². The van der Waals surface area contributed by atoms with Crippen LogP contribution in [0.3, 0.4) is 0 Å². The Morgan fingerprint density at radius 2 is 1.68 bits per heavy atom. The number of methoxy groups -OCH3 is 1. The van der Waals surface area contributed by atoms with Crippen LogP contribution in [-0.2, 0) is 12.6 Å². The first kappa shape index (κ1) is 21.8. The minimum atomic E-state index is -4.52. The molecule has 28 heavy (non-hydrogen) atoms. The molecule has 4 nitrogen and oxygen atoms in total. The molecular formula is C20H21ClF3N3O. The van der Waals surface area contributed by atoms with Gasteiger partial charge in [-0.2, -0.15) is 18.3 Å². The highest BCUT2D eigenvalue weighted by Gasteiger charge is 2.35. The predicted octanol–water partition coefficient (Wildman–Crippen LogP) is 4.88. The van der Waals surface area contributed by atoms with Crippen LogP contribution in [0.15, 0.2) is 54.6 Å². The lowest BCUT2D eigenvalue weighted by atomic mass is 10.1. The second-order valence-corrected chi connectivity index (χ2v) is 6.11. The largest absolute Gasteiger partial charge is 0.497 e. The summed E-state index contributed by atoms with van der Waals surface area (Å²) < 4.78 is 46.1. The fraction of sp³-hybridized carbons (Fsp3) is 0.250. The number of ether oxygens (including phenoxy) is 1. The molecule has 0 unspecified atom stereocenters. The van der Waals surface area contributed by atoms with Crippen LogP contribution in [0.4, 0.5) is 13.2 Å². The molecule has 2 N–H and O–H groups in total. The number of alkyl halides is 3. The highest BCUT2D eigenvalue weighted by Crippen LogP contribution is 2.33. The van der Waals surface area contributed by atoms with Crippen LogP contribution in [-0.4, -0.2) is 23.4 Å². The first-order chi connectivity index (χ1) is 12.9. The lowest BCUT2D eigenvalue weighted by Crippen LogP contribution is -2.07. The Kier molecular flexibility index (Phi) is 7.10. The summed E-state index contributed by atoms with van der Waals surface area (Å²) >= 11 is 0. The summed E-state index contributed by atoms with van der Waals surface area (Å²) in [5, 5.41) is 3.79. The fourth-order valence-electron chi connectivity index (χ4n) is 2.79. The molecule has 1 heterocycles. The summed E-state index contributed by atoms with van der Waals surface area (Å²) in [6, 6.07) is 15.2. The van der Waals surface area contributed by atoms with Gasteiger partial charge in [0.15, 0.2) is 5.69 Å². The Labute approximate surface area is 167 Å². The molecule has 0 fully saturated rings. The molecule has 0 spiro atoms. The summed E-state index contributed by atoms with van der Waals surface area (Å²) in [7, 11) is 1.53. The second kappa shape index (κ2) is 9.12. The maximum absolute atomic E-state index is 13.2. The van der Waals surface area contributed by atoms with Crippen LogP contribution in [0.1, 0.15) is 17.7 Å². The van der Waals surface area contributed by atoms with Crippen molar-refractivity contribution in [2.75, 3.05) is 13.7 Å². The molecule has 2 aromatic carbocycles. The lowest BCUT2D eigenvalue weighted by molar-refractivity contribution is -0.141. The zero-order chi connectivity index (χ0) is 19.4.